The third-order valence-electron chi connectivity index (χ3n) is 3.08. The molecule has 0 saturated heterocycles. The molecule has 0 saturated carbocycles. The number of ether oxygens (including phenoxy) is 2. The Morgan fingerprint density at radius 1 is 1.27 bits per heavy atom. The Bertz CT molecular complexity index is 569. The Morgan fingerprint density at radius 2 is 1.95 bits per heavy atom. The molecular weight excluding hydrogens is 290 g/mol. The van der Waals surface area contributed by atoms with Crippen LogP contribution in [0.5, 0.6) is 5.75 Å². The Morgan fingerprint density at radius 3 is 2.45 bits per heavy atom. The Kier molecular flexibility index (Phi) is 6.52. The average Bonchev–Trinajstić information content (AvgIpc) is 2.47. The smallest absolute Gasteiger partial charge is 0.334 e. The van der Waals surface area contributed by atoms with E-state index in [1.54, 1.807) is 18.2 Å². The summed E-state index contributed by atoms with van der Waals surface area (Å²) in [5.41, 5.74) is 1.03. The summed E-state index contributed by atoms with van der Waals surface area (Å²) in [7, 11) is 2.72. The number of benzene rings is 1. The van der Waals surface area contributed by atoms with Gasteiger partial charge in [0.25, 0.3) is 0 Å². The maximum Gasteiger partial charge on any atom is 0.334 e. The molecule has 1 aromatic rings. The van der Waals surface area contributed by atoms with Gasteiger partial charge in [0.05, 0.1) is 20.1 Å². The minimum atomic E-state index is -1.15. The summed E-state index contributed by atoms with van der Waals surface area (Å²) < 4.78 is 9.88. The molecule has 0 heterocycles. The SMILES string of the molecule is COc1ccc(C(C)=O)cc1CC(=O)NCC(OC)C(=O)O. The summed E-state index contributed by atoms with van der Waals surface area (Å²) in [6, 6.07) is 4.83. The van der Waals surface area contributed by atoms with E-state index in [-0.39, 0.29) is 24.7 Å². The molecule has 2 N–H and O–H groups in total. The zero-order valence-electron chi connectivity index (χ0n) is 12.7. The number of Topliss-reactive ketones (excluding diaryl/α,β-unsaturated/α-hetero) is 1. The molecule has 1 amide bonds. The summed E-state index contributed by atoms with van der Waals surface area (Å²) >= 11 is 0. The Labute approximate surface area is 128 Å². The fraction of sp³-hybridized carbons (Fsp3) is 0.400. The lowest BCUT2D eigenvalue weighted by molar-refractivity contribution is -0.148. The molecule has 1 rings (SSSR count). The van der Waals surface area contributed by atoms with Crippen LogP contribution in [0.25, 0.3) is 0 Å². The van der Waals surface area contributed by atoms with Crippen LogP contribution < -0.4 is 10.1 Å². The van der Waals surface area contributed by atoms with Crippen molar-refractivity contribution in [1.82, 2.24) is 5.32 Å². The third-order valence-corrected chi connectivity index (χ3v) is 3.08. The van der Waals surface area contributed by atoms with Gasteiger partial charge in [-0.1, -0.05) is 0 Å². The fourth-order valence-electron chi connectivity index (χ4n) is 1.85. The lowest BCUT2D eigenvalue weighted by Crippen LogP contribution is -2.38. The molecule has 1 atom stereocenters. The van der Waals surface area contributed by atoms with Crippen LogP contribution in [0.15, 0.2) is 18.2 Å². The van der Waals surface area contributed by atoms with E-state index in [1.807, 2.05) is 0 Å². The van der Waals surface area contributed by atoms with Gasteiger partial charge < -0.3 is 19.9 Å². The van der Waals surface area contributed by atoms with E-state index < -0.39 is 12.1 Å². The summed E-state index contributed by atoms with van der Waals surface area (Å²) in [4.78, 5) is 34.1. The number of carbonyl (C=O) groups is 3. The second kappa shape index (κ2) is 8.14. The van der Waals surface area contributed by atoms with Crippen LogP contribution in [0.3, 0.4) is 0 Å². The lowest BCUT2D eigenvalue weighted by atomic mass is 10.0. The van der Waals surface area contributed by atoms with E-state index in [0.717, 1.165) is 0 Å². The average molecular weight is 309 g/mol. The molecule has 7 nitrogen and oxygen atoms in total. The summed E-state index contributed by atoms with van der Waals surface area (Å²) in [5.74, 6) is -1.17. The van der Waals surface area contributed by atoms with Crippen molar-refractivity contribution in [3.8, 4) is 5.75 Å². The Balaban J connectivity index is 2.76. The van der Waals surface area contributed by atoms with E-state index in [4.69, 9.17) is 14.6 Å². The summed E-state index contributed by atoms with van der Waals surface area (Å²) in [6.07, 6.45) is -1.13. The molecule has 0 aliphatic carbocycles. The molecule has 120 valence electrons. The van der Waals surface area contributed by atoms with Crippen molar-refractivity contribution in [2.24, 2.45) is 0 Å². The van der Waals surface area contributed by atoms with Gasteiger partial charge in [-0.05, 0) is 25.1 Å². The highest BCUT2D eigenvalue weighted by Crippen LogP contribution is 2.20. The van der Waals surface area contributed by atoms with E-state index in [2.05, 4.69) is 5.32 Å². The minimum absolute atomic E-state index is 0.0274. The van der Waals surface area contributed by atoms with Gasteiger partial charge in [-0.3, -0.25) is 9.59 Å². The number of amides is 1. The molecule has 0 bridgehead atoms. The van der Waals surface area contributed by atoms with Crippen molar-refractivity contribution in [3.63, 3.8) is 0 Å². The highest BCUT2D eigenvalue weighted by atomic mass is 16.5. The molecule has 1 aromatic carbocycles. The number of carboxylic acids is 1. The molecule has 0 fully saturated rings. The molecular formula is C15H19NO6. The number of aliphatic carboxylic acids is 1. The second-order valence-corrected chi connectivity index (χ2v) is 4.63. The van der Waals surface area contributed by atoms with Gasteiger partial charge in [0.15, 0.2) is 11.9 Å². The number of hydrogen-bond donors (Lipinski definition) is 2. The van der Waals surface area contributed by atoms with E-state index in [0.29, 0.717) is 16.9 Å². The van der Waals surface area contributed by atoms with Crippen LogP contribution in [-0.2, 0) is 20.7 Å². The van der Waals surface area contributed by atoms with Crippen molar-refractivity contribution in [2.45, 2.75) is 19.4 Å². The minimum Gasteiger partial charge on any atom is -0.496 e. The third kappa shape index (κ3) is 4.85. The number of nitrogens with one attached hydrogen (secondary N) is 1. The van der Waals surface area contributed by atoms with Gasteiger partial charge in [0.2, 0.25) is 5.91 Å². The molecule has 0 aromatic heterocycles. The highest BCUT2D eigenvalue weighted by Gasteiger charge is 2.18. The van der Waals surface area contributed by atoms with Crippen LogP contribution in [0, 0.1) is 0 Å². The summed E-state index contributed by atoms with van der Waals surface area (Å²) in [6.45, 7) is 1.29. The van der Waals surface area contributed by atoms with Gasteiger partial charge in [-0.25, -0.2) is 4.79 Å². The molecule has 7 heteroatoms. The highest BCUT2D eigenvalue weighted by molar-refractivity contribution is 5.94. The predicted molar refractivity (Wildman–Crippen MR) is 78.1 cm³/mol. The fourth-order valence-corrected chi connectivity index (χ4v) is 1.85. The molecule has 0 radical (unpaired) electrons. The molecule has 0 aliphatic rings. The predicted octanol–water partition coefficient (Wildman–Crippen LogP) is 0.656. The van der Waals surface area contributed by atoms with Crippen molar-refractivity contribution in [2.75, 3.05) is 20.8 Å². The Hall–Kier alpha value is -2.41. The van der Waals surface area contributed by atoms with Gasteiger partial charge in [0, 0.05) is 18.2 Å². The normalized spacial score (nSPS) is 11.6. The van der Waals surface area contributed by atoms with Gasteiger partial charge in [0.1, 0.15) is 5.75 Å². The number of carbonyl (C=O) groups excluding carboxylic acids is 2. The number of carboxylic acid groups (broad SMARTS) is 1. The first kappa shape index (κ1) is 17.6. The van der Waals surface area contributed by atoms with Gasteiger partial charge in [-0.2, -0.15) is 0 Å². The number of hydrogen-bond acceptors (Lipinski definition) is 5. The first-order valence-electron chi connectivity index (χ1n) is 6.59. The topological polar surface area (TPSA) is 102 Å². The molecule has 1 unspecified atom stereocenters. The standard InChI is InChI=1S/C15H19NO6/c1-9(17)10-4-5-12(21-2)11(6-10)7-14(18)16-8-13(22-3)15(19)20/h4-6,13H,7-8H2,1-3H3,(H,16,18)(H,19,20). The molecule has 0 aliphatic heterocycles. The van der Waals surface area contributed by atoms with E-state index in [1.165, 1.54) is 21.1 Å². The van der Waals surface area contributed by atoms with Crippen LogP contribution in [0.4, 0.5) is 0 Å². The quantitative estimate of drug-likeness (QED) is 0.684. The number of rotatable bonds is 8. The number of methoxy groups -OCH3 is 2. The van der Waals surface area contributed by atoms with Gasteiger partial charge in [-0.15, -0.1) is 0 Å². The monoisotopic (exact) mass is 309 g/mol. The molecule has 22 heavy (non-hydrogen) atoms. The van der Waals surface area contributed by atoms with E-state index >= 15 is 0 Å². The van der Waals surface area contributed by atoms with Crippen LogP contribution in [0.2, 0.25) is 0 Å². The van der Waals surface area contributed by atoms with Crippen LogP contribution >= 0.6 is 0 Å². The lowest BCUT2D eigenvalue weighted by Gasteiger charge is -2.13. The number of ketones is 1. The van der Waals surface area contributed by atoms with Gasteiger partial charge >= 0.3 is 5.97 Å². The van der Waals surface area contributed by atoms with Crippen molar-refractivity contribution >= 4 is 17.7 Å². The zero-order valence-corrected chi connectivity index (χ0v) is 12.7. The van der Waals surface area contributed by atoms with E-state index in [9.17, 15) is 14.4 Å². The largest absolute Gasteiger partial charge is 0.496 e. The van der Waals surface area contributed by atoms with Crippen molar-refractivity contribution in [1.29, 1.82) is 0 Å². The van der Waals surface area contributed by atoms with Crippen LogP contribution in [0.1, 0.15) is 22.8 Å². The van der Waals surface area contributed by atoms with Crippen molar-refractivity contribution < 1.29 is 29.0 Å². The maximum atomic E-state index is 11.9. The molecule has 0 spiro atoms. The first-order valence-corrected chi connectivity index (χ1v) is 6.59. The second-order valence-electron chi connectivity index (χ2n) is 4.63. The summed E-state index contributed by atoms with van der Waals surface area (Å²) in [5, 5.41) is 11.3. The van der Waals surface area contributed by atoms with Crippen molar-refractivity contribution in [3.05, 3.63) is 29.3 Å². The zero-order chi connectivity index (χ0) is 16.7. The maximum absolute atomic E-state index is 11.9. The van der Waals surface area contributed by atoms with Crippen LogP contribution in [-0.4, -0.2) is 49.6 Å². The first-order chi connectivity index (χ1) is 10.4.